The van der Waals surface area contributed by atoms with Gasteiger partial charge in [-0.1, -0.05) is 11.8 Å². The standard InChI is InChI=1S/C14H16N2O2/c1-11-4-7-13(10-16-11)18-9-3-2-8-15-14(17)12-5-6-12/h4,7,10,12H,5-6,8-9H2,1H3,(H,15,17). The molecule has 4 heteroatoms. The summed E-state index contributed by atoms with van der Waals surface area (Å²) in [6, 6.07) is 3.75. The van der Waals surface area contributed by atoms with Crippen LogP contribution in [0.1, 0.15) is 18.5 Å². The zero-order valence-corrected chi connectivity index (χ0v) is 10.4. The van der Waals surface area contributed by atoms with Gasteiger partial charge in [0.05, 0.1) is 12.7 Å². The van der Waals surface area contributed by atoms with Gasteiger partial charge in [-0.3, -0.25) is 9.78 Å². The van der Waals surface area contributed by atoms with Crippen molar-refractivity contribution in [2.24, 2.45) is 5.92 Å². The van der Waals surface area contributed by atoms with Gasteiger partial charge < -0.3 is 10.1 Å². The largest absolute Gasteiger partial charge is 0.479 e. The second-order valence-corrected chi connectivity index (χ2v) is 4.27. The number of amides is 1. The summed E-state index contributed by atoms with van der Waals surface area (Å²) in [5.41, 5.74) is 0.955. The number of hydrogen-bond acceptors (Lipinski definition) is 3. The fourth-order valence-corrected chi connectivity index (χ4v) is 1.39. The molecule has 0 saturated heterocycles. The molecule has 0 atom stereocenters. The van der Waals surface area contributed by atoms with Crippen molar-refractivity contribution in [3.8, 4) is 17.6 Å². The van der Waals surface area contributed by atoms with Gasteiger partial charge in [0, 0.05) is 11.6 Å². The SMILES string of the molecule is Cc1ccc(OCC#CCNC(=O)C2CC2)cn1. The topological polar surface area (TPSA) is 51.2 Å². The lowest BCUT2D eigenvalue weighted by atomic mass is 10.4. The van der Waals surface area contributed by atoms with Crippen LogP contribution < -0.4 is 10.1 Å². The van der Waals surface area contributed by atoms with Crippen LogP contribution in [0.3, 0.4) is 0 Å². The number of aromatic nitrogens is 1. The van der Waals surface area contributed by atoms with Crippen molar-refractivity contribution < 1.29 is 9.53 Å². The number of aryl methyl sites for hydroxylation is 1. The van der Waals surface area contributed by atoms with Crippen LogP contribution >= 0.6 is 0 Å². The number of nitrogens with one attached hydrogen (secondary N) is 1. The third kappa shape index (κ3) is 4.10. The first-order valence-electron chi connectivity index (χ1n) is 6.04. The van der Waals surface area contributed by atoms with Gasteiger partial charge in [-0.2, -0.15) is 0 Å². The molecule has 18 heavy (non-hydrogen) atoms. The molecule has 1 aromatic heterocycles. The van der Waals surface area contributed by atoms with Crippen molar-refractivity contribution in [2.75, 3.05) is 13.2 Å². The van der Waals surface area contributed by atoms with E-state index < -0.39 is 0 Å². The lowest BCUT2D eigenvalue weighted by Crippen LogP contribution is -2.24. The third-order valence-electron chi connectivity index (χ3n) is 2.62. The van der Waals surface area contributed by atoms with Gasteiger partial charge in [0.25, 0.3) is 0 Å². The normalized spacial score (nSPS) is 13.4. The van der Waals surface area contributed by atoms with Gasteiger partial charge in [-0.05, 0) is 31.9 Å². The molecule has 1 aliphatic carbocycles. The summed E-state index contributed by atoms with van der Waals surface area (Å²) in [5.74, 6) is 6.76. The first-order valence-corrected chi connectivity index (χ1v) is 6.04. The second-order valence-electron chi connectivity index (χ2n) is 4.27. The maximum atomic E-state index is 11.3. The number of rotatable bonds is 4. The number of carbonyl (C=O) groups excluding carboxylic acids is 1. The van der Waals surface area contributed by atoms with E-state index in [9.17, 15) is 4.79 Å². The molecule has 0 unspecified atom stereocenters. The molecular weight excluding hydrogens is 228 g/mol. The highest BCUT2D eigenvalue weighted by Crippen LogP contribution is 2.28. The van der Waals surface area contributed by atoms with E-state index >= 15 is 0 Å². The van der Waals surface area contributed by atoms with E-state index in [1.807, 2.05) is 19.1 Å². The summed E-state index contributed by atoms with van der Waals surface area (Å²) in [7, 11) is 0. The molecule has 1 saturated carbocycles. The Hall–Kier alpha value is -2.02. The summed E-state index contributed by atoms with van der Waals surface area (Å²) >= 11 is 0. The Labute approximate surface area is 107 Å². The molecule has 1 amide bonds. The van der Waals surface area contributed by atoms with Crippen molar-refractivity contribution in [3.63, 3.8) is 0 Å². The van der Waals surface area contributed by atoms with Gasteiger partial charge in [0.2, 0.25) is 5.91 Å². The van der Waals surface area contributed by atoms with E-state index in [-0.39, 0.29) is 11.8 Å². The van der Waals surface area contributed by atoms with E-state index in [0.29, 0.717) is 18.9 Å². The van der Waals surface area contributed by atoms with Crippen LogP contribution in [-0.4, -0.2) is 24.0 Å². The molecule has 94 valence electrons. The minimum absolute atomic E-state index is 0.118. The van der Waals surface area contributed by atoms with E-state index in [4.69, 9.17) is 4.74 Å². The molecule has 1 aromatic rings. The van der Waals surface area contributed by atoms with Gasteiger partial charge in [-0.15, -0.1) is 0 Å². The number of ether oxygens (including phenoxy) is 1. The molecule has 1 heterocycles. The van der Waals surface area contributed by atoms with Crippen LogP contribution in [0.25, 0.3) is 0 Å². The number of carbonyl (C=O) groups is 1. The molecule has 1 fully saturated rings. The Morgan fingerprint density at radius 1 is 1.50 bits per heavy atom. The molecule has 0 radical (unpaired) electrons. The van der Waals surface area contributed by atoms with Gasteiger partial charge in [0.1, 0.15) is 12.4 Å². The minimum Gasteiger partial charge on any atom is -0.479 e. The average molecular weight is 244 g/mol. The Morgan fingerprint density at radius 2 is 2.33 bits per heavy atom. The maximum absolute atomic E-state index is 11.3. The van der Waals surface area contributed by atoms with E-state index in [2.05, 4.69) is 22.1 Å². The highest BCUT2D eigenvalue weighted by atomic mass is 16.5. The molecule has 1 N–H and O–H groups in total. The lowest BCUT2D eigenvalue weighted by Gasteiger charge is -2.01. The molecular formula is C14H16N2O2. The van der Waals surface area contributed by atoms with Crippen molar-refractivity contribution in [1.82, 2.24) is 10.3 Å². The Kier molecular flexibility index (Phi) is 4.19. The van der Waals surface area contributed by atoms with Crippen molar-refractivity contribution >= 4 is 5.91 Å². The van der Waals surface area contributed by atoms with Gasteiger partial charge in [-0.25, -0.2) is 0 Å². The average Bonchev–Trinajstić information content (AvgIpc) is 3.19. The Morgan fingerprint density at radius 3 is 3.00 bits per heavy atom. The number of hydrogen-bond donors (Lipinski definition) is 1. The highest BCUT2D eigenvalue weighted by Gasteiger charge is 2.28. The summed E-state index contributed by atoms with van der Waals surface area (Å²) in [5, 5.41) is 2.77. The second kappa shape index (κ2) is 6.06. The van der Waals surface area contributed by atoms with Crippen molar-refractivity contribution in [2.45, 2.75) is 19.8 Å². The van der Waals surface area contributed by atoms with Crippen molar-refractivity contribution in [3.05, 3.63) is 24.0 Å². The molecule has 0 bridgehead atoms. The fourth-order valence-electron chi connectivity index (χ4n) is 1.39. The quantitative estimate of drug-likeness (QED) is 0.812. The molecule has 0 spiro atoms. The van der Waals surface area contributed by atoms with E-state index in [0.717, 1.165) is 18.5 Å². The predicted octanol–water partition coefficient (Wildman–Crippen LogP) is 1.30. The van der Waals surface area contributed by atoms with Crippen LogP contribution in [0.15, 0.2) is 18.3 Å². The van der Waals surface area contributed by atoms with Crippen molar-refractivity contribution in [1.29, 1.82) is 0 Å². The molecule has 1 aliphatic rings. The summed E-state index contributed by atoms with van der Waals surface area (Å²) < 4.78 is 5.38. The first-order chi connectivity index (χ1) is 8.75. The van der Waals surface area contributed by atoms with Crippen LogP contribution in [0.5, 0.6) is 5.75 Å². The fraction of sp³-hybridized carbons (Fsp3) is 0.429. The number of nitrogens with zero attached hydrogens (tertiary/aromatic N) is 1. The van der Waals surface area contributed by atoms with E-state index in [1.54, 1.807) is 6.20 Å². The third-order valence-corrected chi connectivity index (χ3v) is 2.62. The zero-order chi connectivity index (χ0) is 12.8. The van der Waals surface area contributed by atoms with Crippen LogP contribution in [-0.2, 0) is 4.79 Å². The monoisotopic (exact) mass is 244 g/mol. The Bertz CT molecular complexity index is 467. The summed E-state index contributed by atoms with van der Waals surface area (Å²) in [4.78, 5) is 15.4. The zero-order valence-electron chi connectivity index (χ0n) is 10.4. The van der Waals surface area contributed by atoms with Crippen LogP contribution in [0.2, 0.25) is 0 Å². The molecule has 0 aliphatic heterocycles. The summed E-state index contributed by atoms with van der Waals surface area (Å²) in [6.07, 6.45) is 3.71. The smallest absolute Gasteiger partial charge is 0.223 e. The lowest BCUT2D eigenvalue weighted by molar-refractivity contribution is -0.122. The first kappa shape index (κ1) is 12.4. The maximum Gasteiger partial charge on any atom is 0.223 e. The molecule has 0 aromatic carbocycles. The van der Waals surface area contributed by atoms with Crippen LogP contribution in [0.4, 0.5) is 0 Å². The van der Waals surface area contributed by atoms with Crippen LogP contribution in [0, 0.1) is 24.7 Å². The summed E-state index contributed by atoms with van der Waals surface area (Å²) in [6.45, 7) is 2.63. The van der Waals surface area contributed by atoms with Gasteiger partial charge in [0.15, 0.2) is 0 Å². The molecule has 2 rings (SSSR count). The highest BCUT2D eigenvalue weighted by molar-refractivity contribution is 5.81. The van der Waals surface area contributed by atoms with E-state index in [1.165, 1.54) is 0 Å². The minimum atomic E-state index is 0.118. The Balaban J connectivity index is 1.62. The number of pyridine rings is 1. The molecule has 4 nitrogen and oxygen atoms in total. The predicted molar refractivity (Wildman–Crippen MR) is 68.0 cm³/mol. The van der Waals surface area contributed by atoms with Gasteiger partial charge >= 0.3 is 0 Å².